The second-order valence-corrected chi connectivity index (χ2v) is 5.35. The quantitative estimate of drug-likeness (QED) is 0.643. The molecule has 0 radical (unpaired) electrons. The number of rotatable bonds is 4. The Hall–Kier alpha value is -0.690. The van der Waals surface area contributed by atoms with Gasteiger partial charge in [0.2, 0.25) is 0 Å². The molecule has 0 fully saturated rings. The lowest BCUT2D eigenvalue weighted by Crippen LogP contribution is -1.94. The number of hydrogen-bond donors (Lipinski definition) is 0. The fraction of sp³-hybridized carbons (Fsp3) is 0.385. The Kier molecular flexibility index (Phi) is 4.27. The zero-order chi connectivity index (χ0) is 10.6. The van der Waals surface area contributed by atoms with Crippen LogP contribution in [-0.4, -0.2) is 0 Å². The molecule has 14 heavy (non-hydrogen) atoms. The van der Waals surface area contributed by atoms with Crippen LogP contribution >= 0.6 is 11.8 Å². The summed E-state index contributed by atoms with van der Waals surface area (Å²) in [5, 5.41) is 0. The molecule has 0 saturated heterocycles. The van der Waals surface area contributed by atoms with Crippen molar-refractivity contribution in [2.75, 3.05) is 0 Å². The van der Waals surface area contributed by atoms with Crippen molar-refractivity contribution in [3.63, 3.8) is 0 Å². The Balaban J connectivity index is 2.42. The van der Waals surface area contributed by atoms with Gasteiger partial charge in [0.25, 0.3) is 0 Å². The number of allylic oxidation sites excluding steroid dienone is 6. The van der Waals surface area contributed by atoms with E-state index in [4.69, 9.17) is 0 Å². The van der Waals surface area contributed by atoms with E-state index in [-0.39, 0.29) is 0 Å². The molecule has 0 aromatic heterocycles. The largest absolute Gasteiger partial charge is 0.100 e. The van der Waals surface area contributed by atoms with E-state index in [0.29, 0.717) is 5.92 Å². The van der Waals surface area contributed by atoms with E-state index in [1.807, 2.05) is 6.92 Å². The van der Waals surface area contributed by atoms with Gasteiger partial charge in [-0.05, 0) is 34.6 Å². The van der Waals surface area contributed by atoms with Crippen LogP contribution in [-0.2, 0) is 0 Å². The molecule has 0 aliphatic heterocycles. The first-order valence-corrected chi connectivity index (χ1v) is 5.78. The summed E-state index contributed by atoms with van der Waals surface area (Å²) in [5.41, 5.74) is 1.39. The van der Waals surface area contributed by atoms with Gasteiger partial charge in [-0.25, -0.2) is 0 Å². The lowest BCUT2D eigenvalue weighted by molar-refractivity contribution is 0.728. The highest BCUT2D eigenvalue weighted by Crippen LogP contribution is 2.29. The van der Waals surface area contributed by atoms with Crippen LogP contribution in [0.2, 0.25) is 0 Å². The molecule has 1 aliphatic rings. The van der Waals surface area contributed by atoms with Crippen molar-refractivity contribution in [2.24, 2.45) is 5.92 Å². The van der Waals surface area contributed by atoms with Crippen LogP contribution in [0.25, 0.3) is 0 Å². The molecule has 76 valence electrons. The average molecular weight is 206 g/mol. The van der Waals surface area contributed by atoms with E-state index in [0.717, 1.165) is 17.7 Å². The third kappa shape index (κ3) is 4.01. The highest BCUT2D eigenvalue weighted by Gasteiger charge is 2.05. The van der Waals surface area contributed by atoms with Crippen molar-refractivity contribution in [2.45, 2.75) is 26.7 Å². The number of thioether (sulfide) groups is 1. The molecular formula is C13H18S. The van der Waals surface area contributed by atoms with Gasteiger partial charge in [0.05, 0.1) is 0 Å². The van der Waals surface area contributed by atoms with Crippen molar-refractivity contribution < 1.29 is 0 Å². The zero-order valence-electron chi connectivity index (χ0n) is 9.05. The first kappa shape index (κ1) is 11.4. The summed E-state index contributed by atoms with van der Waals surface area (Å²) in [6.45, 7) is 12.2. The molecule has 0 aromatic rings. The van der Waals surface area contributed by atoms with Gasteiger partial charge in [0, 0.05) is 6.42 Å². The normalized spacial score (nSPS) is 20.4. The Morgan fingerprint density at radius 3 is 2.79 bits per heavy atom. The van der Waals surface area contributed by atoms with Crippen LogP contribution in [0.3, 0.4) is 0 Å². The average Bonchev–Trinajstić information content (AvgIpc) is 2.07. The summed E-state index contributed by atoms with van der Waals surface area (Å²) in [7, 11) is 0. The molecule has 1 aliphatic carbocycles. The predicted octanol–water partition coefficient (Wildman–Crippen LogP) is 4.68. The summed E-state index contributed by atoms with van der Waals surface area (Å²) < 4.78 is 0. The molecule has 1 rings (SSSR count). The van der Waals surface area contributed by atoms with Crippen LogP contribution in [0.1, 0.15) is 26.7 Å². The Labute approximate surface area is 91.5 Å². The maximum Gasteiger partial charge on any atom is 0.00286 e. The standard InChI is InChI=1S/C13H18S/c1-10(2)14-12(4)9-13-7-5-11(3)6-8-13/h5,7-8,11H,1,4,6,9H2,2-3H3. The summed E-state index contributed by atoms with van der Waals surface area (Å²) in [6, 6.07) is 0. The van der Waals surface area contributed by atoms with Crippen LogP contribution in [0.5, 0.6) is 0 Å². The van der Waals surface area contributed by atoms with Gasteiger partial charge in [0.1, 0.15) is 0 Å². The van der Waals surface area contributed by atoms with Crippen molar-refractivity contribution in [1.29, 1.82) is 0 Å². The zero-order valence-corrected chi connectivity index (χ0v) is 9.86. The van der Waals surface area contributed by atoms with Gasteiger partial charge in [-0.2, -0.15) is 0 Å². The van der Waals surface area contributed by atoms with E-state index in [1.165, 1.54) is 10.5 Å². The second kappa shape index (κ2) is 5.26. The Bertz CT molecular complexity index is 294. The third-order valence-electron chi connectivity index (χ3n) is 2.11. The maximum atomic E-state index is 4.04. The maximum absolute atomic E-state index is 4.04. The van der Waals surface area contributed by atoms with Crippen molar-refractivity contribution in [3.05, 3.63) is 46.8 Å². The summed E-state index contributed by atoms with van der Waals surface area (Å²) in [6.07, 6.45) is 8.94. The first-order chi connectivity index (χ1) is 6.58. The van der Waals surface area contributed by atoms with Gasteiger partial charge in [0.15, 0.2) is 0 Å². The highest BCUT2D eigenvalue weighted by molar-refractivity contribution is 8.06. The summed E-state index contributed by atoms with van der Waals surface area (Å²) in [5.74, 6) is 0.695. The molecular weight excluding hydrogens is 188 g/mol. The van der Waals surface area contributed by atoms with Gasteiger partial charge >= 0.3 is 0 Å². The Morgan fingerprint density at radius 1 is 1.57 bits per heavy atom. The highest BCUT2D eigenvalue weighted by atomic mass is 32.2. The minimum atomic E-state index is 0.695. The van der Waals surface area contributed by atoms with Crippen LogP contribution in [0.4, 0.5) is 0 Å². The molecule has 0 nitrogen and oxygen atoms in total. The van der Waals surface area contributed by atoms with E-state index in [2.05, 4.69) is 38.3 Å². The van der Waals surface area contributed by atoms with E-state index < -0.39 is 0 Å². The minimum absolute atomic E-state index is 0.695. The van der Waals surface area contributed by atoms with Crippen molar-refractivity contribution >= 4 is 11.8 Å². The smallest absolute Gasteiger partial charge is 0.00286 e. The van der Waals surface area contributed by atoms with Crippen LogP contribution in [0, 0.1) is 5.92 Å². The molecule has 1 heteroatoms. The third-order valence-corrected chi connectivity index (χ3v) is 2.89. The first-order valence-electron chi connectivity index (χ1n) is 4.96. The van der Waals surface area contributed by atoms with Gasteiger partial charge in [-0.3, -0.25) is 0 Å². The van der Waals surface area contributed by atoms with Gasteiger partial charge < -0.3 is 0 Å². The topological polar surface area (TPSA) is 0 Å². The molecule has 0 bridgehead atoms. The fourth-order valence-corrected chi connectivity index (χ4v) is 2.14. The van der Waals surface area contributed by atoms with Crippen LogP contribution < -0.4 is 0 Å². The second-order valence-electron chi connectivity index (χ2n) is 3.87. The van der Waals surface area contributed by atoms with E-state index in [9.17, 15) is 0 Å². The SMILES string of the molecule is C=C(C)SC(=C)CC1=CCC(C)C=C1. The molecule has 1 atom stereocenters. The van der Waals surface area contributed by atoms with Crippen molar-refractivity contribution in [3.8, 4) is 0 Å². The molecule has 0 saturated carbocycles. The molecule has 0 heterocycles. The summed E-state index contributed by atoms with van der Waals surface area (Å²) in [4.78, 5) is 2.30. The van der Waals surface area contributed by atoms with E-state index >= 15 is 0 Å². The fourth-order valence-electron chi connectivity index (χ4n) is 1.41. The van der Waals surface area contributed by atoms with E-state index in [1.54, 1.807) is 11.8 Å². The molecule has 0 aromatic carbocycles. The van der Waals surface area contributed by atoms with Crippen LogP contribution in [0.15, 0.2) is 46.8 Å². The lowest BCUT2D eigenvalue weighted by atomic mass is 9.97. The molecule has 1 unspecified atom stereocenters. The minimum Gasteiger partial charge on any atom is -0.100 e. The lowest BCUT2D eigenvalue weighted by Gasteiger charge is -2.12. The number of hydrogen-bond acceptors (Lipinski definition) is 1. The van der Waals surface area contributed by atoms with Gasteiger partial charge in [-0.15, -0.1) is 11.8 Å². The van der Waals surface area contributed by atoms with Gasteiger partial charge in [-0.1, -0.05) is 38.3 Å². The Morgan fingerprint density at radius 2 is 2.29 bits per heavy atom. The summed E-state index contributed by atoms with van der Waals surface area (Å²) >= 11 is 1.69. The monoisotopic (exact) mass is 206 g/mol. The van der Waals surface area contributed by atoms with Crippen molar-refractivity contribution in [1.82, 2.24) is 0 Å². The predicted molar refractivity (Wildman–Crippen MR) is 67.2 cm³/mol. The molecule has 0 spiro atoms. The molecule has 0 N–H and O–H groups in total. The molecule has 0 amide bonds.